The summed E-state index contributed by atoms with van der Waals surface area (Å²) in [6.07, 6.45) is -0.0000185. The Balaban J connectivity index is 1.91. The maximum Gasteiger partial charge on any atom is 0.227 e. The van der Waals surface area contributed by atoms with Crippen molar-refractivity contribution in [3.63, 3.8) is 0 Å². The maximum atomic E-state index is 12.7. The van der Waals surface area contributed by atoms with Crippen LogP contribution >= 0.6 is 11.3 Å². The molecular formula is C14H12FN2O3S-. The molecule has 7 heteroatoms. The Labute approximate surface area is 124 Å². The lowest BCUT2D eigenvalue weighted by atomic mass is 10.2. The minimum Gasteiger partial charge on any atom is -0.544 e. The van der Waals surface area contributed by atoms with Crippen molar-refractivity contribution in [2.45, 2.75) is 19.9 Å². The van der Waals surface area contributed by atoms with E-state index in [1.54, 1.807) is 19.1 Å². The van der Waals surface area contributed by atoms with Crippen LogP contribution in [0.3, 0.4) is 0 Å². The van der Waals surface area contributed by atoms with E-state index in [4.69, 9.17) is 0 Å². The van der Waals surface area contributed by atoms with Crippen LogP contribution in [0.25, 0.3) is 0 Å². The van der Waals surface area contributed by atoms with E-state index >= 15 is 0 Å². The zero-order valence-corrected chi connectivity index (χ0v) is 12.0. The Morgan fingerprint density at radius 2 is 2.00 bits per heavy atom. The topological polar surface area (TPSA) is 82.1 Å². The van der Waals surface area contributed by atoms with Crippen LogP contribution in [0.5, 0.6) is 0 Å². The zero-order chi connectivity index (χ0) is 15.4. The van der Waals surface area contributed by atoms with Gasteiger partial charge in [-0.2, -0.15) is 0 Å². The number of hydrogen-bond acceptors (Lipinski definition) is 5. The van der Waals surface area contributed by atoms with Crippen LogP contribution in [0.15, 0.2) is 24.3 Å². The summed E-state index contributed by atoms with van der Waals surface area (Å²) in [5, 5.41) is 13.9. The Morgan fingerprint density at radius 3 is 2.57 bits per heavy atom. The highest BCUT2D eigenvalue weighted by molar-refractivity contribution is 7.13. The average Bonchev–Trinajstić information content (AvgIpc) is 2.79. The molecule has 0 aliphatic heterocycles. The van der Waals surface area contributed by atoms with Gasteiger partial charge < -0.3 is 15.2 Å². The van der Waals surface area contributed by atoms with Gasteiger partial charge in [0.15, 0.2) is 0 Å². The van der Waals surface area contributed by atoms with Crippen molar-refractivity contribution in [3.05, 3.63) is 51.2 Å². The smallest absolute Gasteiger partial charge is 0.227 e. The van der Waals surface area contributed by atoms with E-state index in [9.17, 15) is 19.1 Å². The predicted molar refractivity (Wildman–Crippen MR) is 73.1 cm³/mol. The first-order chi connectivity index (χ1) is 9.95. The second kappa shape index (κ2) is 6.45. The van der Waals surface area contributed by atoms with Crippen molar-refractivity contribution in [2.75, 3.05) is 0 Å². The number of nitrogens with one attached hydrogen (secondary N) is 1. The molecule has 21 heavy (non-hydrogen) atoms. The minimum absolute atomic E-state index is 0.0000185. The number of amides is 1. The highest BCUT2D eigenvalue weighted by Gasteiger charge is 2.11. The molecule has 110 valence electrons. The van der Waals surface area contributed by atoms with E-state index in [0.717, 1.165) is 16.9 Å². The number of aromatic carboxylic acids is 1. The van der Waals surface area contributed by atoms with Gasteiger partial charge in [-0.25, -0.2) is 9.37 Å². The Morgan fingerprint density at radius 1 is 1.33 bits per heavy atom. The first-order valence-electron chi connectivity index (χ1n) is 6.14. The van der Waals surface area contributed by atoms with Crippen molar-refractivity contribution in [1.82, 2.24) is 10.3 Å². The Bertz CT molecular complexity index is 667. The van der Waals surface area contributed by atoms with E-state index in [1.165, 1.54) is 12.1 Å². The number of rotatable bonds is 5. The predicted octanol–water partition coefficient (Wildman–Crippen LogP) is 0.813. The van der Waals surface area contributed by atoms with Crippen LogP contribution in [0.4, 0.5) is 4.39 Å². The number of benzene rings is 1. The summed E-state index contributed by atoms with van der Waals surface area (Å²) in [6, 6.07) is 5.80. The molecule has 0 bridgehead atoms. The Kier molecular flexibility index (Phi) is 4.64. The van der Waals surface area contributed by atoms with Gasteiger partial charge in [0, 0.05) is 6.54 Å². The number of carbonyl (C=O) groups excluding carboxylic acids is 2. The summed E-state index contributed by atoms with van der Waals surface area (Å²) in [7, 11) is 0. The molecule has 0 saturated carbocycles. The molecule has 0 aliphatic rings. The fourth-order valence-electron chi connectivity index (χ4n) is 1.72. The fourth-order valence-corrected chi connectivity index (χ4v) is 2.62. The molecule has 0 atom stereocenters. The normalized spacial score (nSPS) is 10.4. The maximum absolute atomic E-state index is 12.7. The number of carboxylic acids is 1. The number of aromatic nitrogens is 1. The van der Waals surface area contributed by atoms with E-state index < -0.39 is 5.97 Å². The molecule has 1 N–H and O–H groups in total. The molecule has 0 radical (unpaired) electrons. The first-order valence-corrected chi connectivity index (χ1v) is 6.96. The molecule has 0 aliphatic carbocycles. The third-order valence-electron chi connectivity index (χ3n) is 2.74. The van der Waals surface area contributed by atoms with Crippen molar-refractivity contribution in [3.8, 4) is 0 Å². The van der Waals surface area contributed by atoms with E-state index in [1.807, 2.05) is 0 Å². The van der Waals surface area contributed by atoms with Gasteiger partial charge in [-0.15, -0.1) is 11.3 Å². The molecule has 0 unspecified atom stereocenters. The standard InChI is InChI=1S/C14H13FN2O3S/c1-8-13(14(19)20)21-12(17-8)6-11(18)16-7-9-2-4-10(15)5-3-9/h2-5H,6-7H2,1H3,(H,16,18)(H,19,20)/p-1. The number of thiazole rings is 1. The van der Waals surface area contributed by atoms with Crippen LogP contribution in [0, 0.1) is 12.7 Å². The molecule has 0 spiro atoms. The van der Waals surface area contributed by atoms with Gasteiger partial charge in [-0.05, 0) is 24.6 Å². The molecule has 0 saturated heterocycles. The summed E-state index contributed by atoms with van der Waals surface area (Å²) in [5.41, 5.74) is 1.12. The largest absolute Gasteiger partial charge is 0.544 e. The zero-order valence-electron chi connectivity index (χ0n) is 11.2. The van der Waals surface area contributed by atoms with Crippen molar-refractivity contribution in [2.24, 2.45) is 0 Å². The van der Waals surface area contributed by atoms with Crippen LogP contribution in [-0.4, -0.2) is 16.9 Å². The molecule has 5 nitrogen and oxygen atoms in total. The van der Waals surface area contributed by atoms with Crippen molar-refractivity contribution >= 4 is 23.2 Å². The highest BCUT2D eigenvalue weighted by Crippen LogP contribution is 2.17. The Hall–Kier alpha value is -2.28. The number of halogens is 1. The fraction of sp³-hybridized carbons (Fsp3) is 0.214. The van der Waals surface area contributed by atoms with Gasteiger partial charge in [0.2, 0.25) is 5.91 Å². The number of aryl methyl sites for hydroxylation is 1. The SMILES string of the molecule is Cc1nc(CC(=O)NCc2ccc(F)cc2)sc1C(=O)[O-]. The monoisotopic (exact) mass is 307 g/mol. The van der Waals surface area contributed by atoms with Gasteiger partial charge in [0.25, 0.3) is 0 Å². The van der Waals surface area contributed by atoms with Crippen LogP contribution < -0.4 is 10.4 Å². The van der Waals surface area contributed by atoms with E-state index in [2.05, 4.69) is 10.3 Å². The molecule has 1 amide bonds. The number of nitrogens with zero attached hydrogens (tertiary/aromatic N) is 1. The quantitative estimate of drug-likeness (QED) is 0.886. The highest BCUT2D eigenvalue weighted by atomic mass is 32.1. The van der Waals surface area contributed by atoms with Crippen LogP contribution in [0.1, 0.15) is 25.9 Å². The summed E-state index contributed by atoms with van der Waals surface area (Å²) in [4.78, 5) is 26.6. The van der Waals surface area contributed by atoms with Gasteiger partial charge in [0.1, 0.15) is 10.8 Å². The third kappa shape index (κ3) is 4.09. The summed E-state index contributed by atoms with van der Waals surface area (Å²) < 4.78 is 12.7. The lowest BCUT2D eigenvalue weighted by molar-refractivity contribution is -0.254. The first kappa shape index (κ1) is 15.1. The molecule has 0 fully saturated rings. The van der Waals surface area contributed by atoms with Crippen molar-refractivity contribution in [1.29, 1.82) is 0 Å². The molecule has 2 rings (SSSR count). The molecule has 1 heterocycles. The second-order valence-electron chi connectivity index (χ2n) is 4.39. The lowest BCUT2D eigenvalue weighted by Crippen LogP contribution is -2.24. The molecule has 1 aromatic heterocycles. The minimum atomic E-state index is -1.29. The summed E-state index contributed by atoms with van der Waals surface area (Å²) >= 11 is 0.936. The van der Waals surface area contributed by atoms with Crippen LogP contribution in [0.2, 0.25) is 0 Å². The molecule has 1 aromatic carbocycles. The second-order valence-corrected chi connectivity index (χ2v) is 5.47. The summed E-state index contributed by atoms with van der Waals surface area (Å²) in [6.45, 7) is 1.83. The van der Waals surface area contributed by atoms with E-state index in [0.29, 0.717) is 10.7 Å². The van der Waals surface area contributed by atoms with Crippen LogP contribution in [-0.2, 0) is 17.8 Å². The molecule has 2 aromatic rings. The number of hydrogen-bond donors (Lipinski definition) is 1. The van der Waals surface area contributed by atoms with Gasteiger partial charge >= 0.3 is 0 Å². The van der Waals surface area contributed by atoms with Gasteiger partial charge in [-0.3, -0.25) is 4.79 Å². The third-order valence-corrected chi connectivity index (χ3v) is 3.88. The lowest BCUT2D eigenvalue weighted by Gasteiger charge is -2.04. The number of carboxylic acid groups (broad SMARTS) is 1. The van der Waals surface area contributed by atoms with E-state index in [-0.39, 0.29) is 29.6 Å². The number of carbonyl (C=O) groups is 2. The van der Waals surface area contributed by atoms with Crippen molar-refractivity contribution < 1.29 is 19.1 Å². The summed E-state index contributed by atoms with van der Waals surface area (Å²) in [5.74, 6) is -1.90. The van der Waals surface area contributed by atoms with Gasteiger partial charge in [0.05, 0.1) is 23.0 Å². The average molecular weight is 307 g/mol. The molecular weight excluding hydrogens is 295 g/mol. The van der Waals surface area contributed by atoms with Gasteiger partial charge in [-0.1, -0.05) is 12.1 Å².